The van der Waals surface area contributed by atoms with Gasteiger partial charge in [0, 0.05) is 11.8 Å². The number of methoxy groups -OCH3 is 1. The third-order valence-electron chi connectivity index (χ3n) is 4.68. The molecule has 4 heteroatoms. The topological polar surface area (TPSA) is 63.6 Å². The molecule has 0 amide bonds. The van der Waals surface area contributed by atoms with Gasteiger partial charge in [-0.1, -0.05) is 60.7 Å². The maximum absolute atomic E-state index is 12.3. The van der Waals surface area contributed by atoms with Crippen LogP contribution < -0.4 is 0 Å². The monoisotopic (exact) mass is 310 g/mol. The second-order valence-electron chi connectivity index (χ2n) is 5.79. The fourth-order valence-corrected chi connectivity index (χ4v) is 3.66. The van der Waals surface area contributed by atoms with Gasteiger partial charge in [-0.15, -0.1) is 0 Å². The van der Waals surface area contributed by atoms with Crippen molar-refractivity contribution >= 4 is 11.9 Å². The summed E-state index contributed by atoms with van der Waals surface area (Å²) in [5.74, 6) is -3.09. The number of carboxylic acid groups (broad SMARTS) is 1. The van der Waals surface area contributed by atoms with Gasteiger partial charge >= 0.3 is 11.9 Å². The van der Waals surface area contributed by atoms with Crippen molar-refractivity contribution < 1.29 is 19.4 Å². The Balaban J connectivity index is 2.05. The predicted molar refractivity (Wildman–Crippen MR) is 85.0 cm³/mol. The summed E-state index contributed by atoms with van der Waals surface area (Å²) in [4.78, 5) is 24.2. The Morgan fingerprint density at radius 2 is 1.26 bits per heavy atom. The highest BCUT2D eigenvalue weighted by Crippen LogP contribution is 2.57. The van der Waals surface area contributed by atoms with Gasteiger partial charge in [-0.25, -0.2) is 0 Å². The molecule has 0 aromatic heterocycles. The second kappa shape index (κ2) is 6.24. The van der Waals surface area contributed by atoms with Crippen LogP contribution in [-0.4, -0.2) is 24.2 Å². The number of aliphatic carboxylic acids is 1. The molecule has 3 rings (SSSR count). The van der Waals surface area contributed by atoms with Gasteiger partial charge in [0.25, 0.3) is 0 Å². The first kappa shape index (κ1) is 15.3. The Kier molecular flexibility index (Phi) is 4.15. The first-order valence-electron chi connectivity index (χ1n) is 7.55. The van der Waals surface area contributed by atoms with Crippen molar-refractivity contribution in [1.82, 2.24) is 0 Å². The molecule has 0 spiro atoms. The number of carbonyl (C=O) groups excluding carboxylic acids is 1. The molecule has 118 valence electrons. The number of ether oxygens (including phenoxy) is 1. The molecule has 1 N–H and O–H groups in total. The lowest BCUT2D eigenvalue weighted by Gasteiger charge is -2.48. The molecule has 1 fully saturated rings. The average Bonchev–Trinajstić information content (AvgIpc) is 2.55. The maximum atomic E-state index is 12.3. The molecule has 0 saturated heterocycles. The fraction of sp³-hybridized carbons (Fsp3) is 0.263. The van der Waals surface area contributed by atoms with Gasteiger partial charge in [0.1, 0.15) is 0 Å². The van der Waals surface area contributed by atoms with Gasteiger partial charge in [-0.05, 0) is 11.1 Å². The summed E-state index contributed by atoms with van der Waals surface area (Å²) >= 11 is 0. The Morgan fingerprint density at radius 3 is 1.61 bits per heavy atom. The molecule has 0 bridgehead atoms. The van der Waals surface area contributed by atoms with Crippen LogP contribution in [0, 0.1) is 11.8 Å². The van der Waals surface area contributed by atoms with Crippen LogP contribution in [0.4, 0.5) is 0 Å². The quantitative estimate of drug-likeness (QED) is 0.882. The van der Waals surface area contributed by atoms with Crippen LogP contribution >= 0.6 is 0 Å². The molecule has 1 aliphatic rings. The van der Waals surface area contributed by atoms with Crippen molar-refractivity contribution in [3.63, 3.8) is 0 Å². The minimum atomic E-state index is -0.882. The summed E-state index contributed by atoms with van der Waals surface area (Å²) in [5, 5.41) is 9.72. The average molecular weight is 310 g/mol. The zero-order chi connectivity index (χ0) is 16.4. The normalized spacial score (nSPS) is 26.1. The summed E-state index contributed by atoms with van der Waals surface area (Å²) in [6.07, 6.45) is 0. The van der Waals surface area contributed by atoms with Crippen molar-refractivity contribution in [1.29, 1.82) is 0 Å². The van der Waals surface area contributed by atoms with Crippen molar-refractivity contribution in [2.75, 3.05) is 7.11 Å². The zero-order valence-electron chi connectivity index (χ0n) is 12.8. The van der Waals surface area contributed by atoms with E-state index < -0.39 is 17.8 Å². The predicted octanol–water partition coefficient (Wildman–Crippen LogP) is 3.06. The summed E-state index contributed by atoms with van der Waals surface area (Å²) in [5.41, 5.74) is 1.73. The summed E-state index contributed by atoms with van der Waals surface area (Å²) < 4.78 is 4.95. The molecular weight excluding hydrogens is 292 g/mol. The van der Waals surface area contributed by atoms with E-state index in [9.17, 15) is 14.7 Å². The van der Waals surface area contributed by atoms with Gasteiger partial charge in [0.05, 0.1) is 18.9 Å². The van der Waals surface area contributed by atoms with Crippen LogP contribution in [0.25, 0.3) is 0 Å². The van der Waals surface area contributed by atoms with Crippen LogP contribution in [0.1, 0.15) is 23.0 Å². The van der Waals surface area contributed by atoms with E-state index in [1.54, 1.807) is 0 Å². The third kappa shape index (κ3) is 2.61. The van der Waals surface area contributed by atoms with Crippen molar-refractivity contribution in [3.05, 3.63) is 71.8 Å². The standard InChI is InChI=1S/C19H18O4/c1-23-19(22)17-14(12-8-4-2-5-9-12)16(18(20)21)15(17)13-10-6-3-7-11-13/h2-11,14-17H,1H3,(H,20,21)/t14-,15-,16?,17?/m1/s1. The van der Waals surface area contributed by atoms with Crippen molar-refractivity contribution in [3.8, 4) is 0 Å². The first-order valence-corrected chi connectivity index (χ1v) is 7.55. The molecule has 2 aromatic carbocycles. The summed E-state index contributed by atoms with van der Waals surface area (Å²) in [6, 6.07) is 18.7. The van der Waals surface area contributed by atoms with E-state index in [0.29, 0.717) is 0 Å². The van der Waals surface area contributed by atoms with Gasteiger partial charge in [-0.3, -0.25) is 9.59 Å². The Bertz CT molecular complexity index is 648. The van der Waals surface area contributed by atoms with E-state index in [1.807, 2.05) is 60.7 Å². The Labute approximate surface area is 134 Å². The van der Waals surface area contributed by atoms with Crippen LogP contribution in [0.15, 0.2) is 60.7 Å². The number of hydrogen-bond donors (Lipinski definition) is 1. The summed E-state index contributed by atoms with van der Waals surface area (Å²) in [7, 11) is 1.35. The SMILES string of the molecule is COC(=O)C1[C@H](c2ccccc2)C(C(=O)O)[C@H]1c1ccccc1. The van der Waals surface area contributed by atoms with Gasteiger partial charge in [-0.2, -0.15) is 0 Å². The minimum absolute atomic E-state index is 0.356. The molecule has 0 unspecified atom stereocenters. The van der Waals surface area contributed by atoms with E-state index in [4.69, 9.17) is 4.74 Å². The zero-order valence-corrected chi connectivity index (χ0v) is 12.8. The molecule has 2 atom stereocenters. The van der Waals surface area contributed by atoms with Crippen LogP contribution in [-0.2, 0) is 14.3 Å². The molecule has 2 aromatic rings. The molecule has 23 heavy (non-hydrogen) atoms. The Hall–Kier alpha value is -2.62. The fourth-order valence-electron chi connectivity index (χ4n) is 3.66. The number of rotatable bonds is 4. The lowest BCUT2D eigenvalue weighted by molar-refractivity contribution is -0.162. The van der Waals surface area contributed by atoms with Crippen LogP contribution in [0.5, 0.6) is 0 Å². The number of benzene rings is 2. The van der Waals surface area contributed by atoms with E-state index in [1.165, 1.54) is 7.11 Å². The summed E-state index contributed by atoms with van der Waals surface area (Å²) in [6.45, 7) is 0. The minimum Gasteiger partial charge on any atom is -0.481 e. The van der Waals surface area contributed by atoms with Gasteiger partial charge in [0.15, 0.2) is 0 Å². The highest BCUT2D eigenvalue weighted by atomic mass is 16.5. The molecule has 0 aliphatic heterocycles. The number of hydrogen-bond acceptors (Lipinski definition) is 3. The van der Waals surface area contributed by atoms with E-state index in [0.717, 1.165) is 11.1 Å². The van der Waals surface area contributed by atoms with E-state index in [2.05, 4.69) is 0 Å². The number of esters is 1. The molecule has 0 heterocycles. The van der Waals surface area contributed by atoms with Crippen LogP contribution in [0.2, 0.25) is 0 Å². The first-order chi connectivity index (χ1) is 11.1. The highest BCUT2D eigenvalue weighted by Gasteiger charge is 2.58. The highest BCUT2D eigenvalue weighted by molar-refractivity contribution is 5.84. The van der Waals surface area contributed by atoms with Gasteiger partial charge in [0.2, 0.25) is 0 Å². The molecule has 0 radical (unpaired) electrons. The maximum Gasteiger partial charge on any atom is 0.309 e. The molecule has 1 saturated carbocycles. The third-order valence-corrected chi connectivity index (χ3v) is 4.68. The lowest BCUT2D eigenvalue weighted by Crippen LogP contribution is -2.51. The molecule has 1 aliphatic carbocycles. The van der Waals surface area contributed by atoms with Crippen LogP contribution in [0.3, 0.4) is 0 Å². The van der Waals surface area contributed by atoms with Crippen molar-refractivity contribution in [2.24, 2.45) is 11.8 Å². The smallest absolute Gasteiger partial charge is 0.309 e. The lowest BCUT2D eigenvalue weighted by atomic mass is 9.52. The van der Waals surface area contributed by atoms with Gasteiger partial charge < -0.3 is 9.84 Å². The molecular formula is C19H18O4. The largest absolute Gasteiger partial charge is 0.481 e. The van der Waals surface area contributed by atoms with E-state index in [-0.39, 0.29) is 17.8 Å². The molecule has 4 nitrogen and oxygen atoms in total. The second-order valence-corrected chi connectivity index (χ2v) is 5.79. The number of carboxylic acids is 1. The van der Waals surface area contributed by atoms with E-state index >= 15 is 0 Å². The number of carbonyl (C=O) groups is 2. The van der Waals surface area contributed by atoms with Crippen molar-refractivity contribution in [2.45, 2.75) is 11.8 Å². The Morgan fingerprint density at radius 1 is 0.826 bits per heavy atom.